The third-order valence-corrected chi connectivity index (χ3v) is 7.78. The molecule has 9 nitrogen and oxygen atoms in total. The van der Waals surface area contributed by atoms with E-state index in [4.69, 9.17) is 19.2 Å². The number of alkyl carbamates (subject to hydrolysis) is 1. The van der Waals surface area contributed by atoms with Crippen molar-refractivity contribution in [2.45, 2.75) is 51.9 Å². The topological polar surface area (TPSA) is 120 Å². The SMILES string of the molecule is COc1ccc(-c2cnc(N3CCC(NC(=O)OC(C)(C)C)CC3)c(C#N)c2-c2ccc(C#N)c(F)c2)cc1OCc1ccccc1. The van der Waals surface area contributed by atoms with Gasteiger partial charge in [0.05, 0.1) is 12.7 Å². The Kier molecular flexibility index (Phi) is 9.91. The van der Waals surface area contributed by atoms with Crippen LogP contribution in [0.25, 0.3) is 22.3 Å². The van der Waals surface area contributed by atoms with Gasteiger partial charge in [-0.05, 0) is 74.6 Å². The van der Waals surface area contributed by atoms with Gasteiger partial charge in [-0.2, -0.15) is 10.5 Å². The van der Waals surface area contributed by atoms with Crippen LogP contribution in [0.1, 0.15) is 50.3 Å². The zero-order chi connectivity index (χ0) is 33.6. The number of carbonyl (C=O) groups is 1. The average Bonchev–Trinajstić information content (AvgIpc) is 3.06. The number of rotatable bonds is 8. The Balaban J connectivity index is 1.52. The lowest BCUT2D eigenvalue weighted by atomic mass is 9.91. The van der Waals surface area contributed by atoms with E-state index in [2.05, 4.69) is 11.4 Å². The molecule has 0 atom stereocenters. The van der Waals surface area contributed by atoms with Crippen molar-refractivity contribution < 1.29 is 23.4 Å². The van der Waals surface area contributed by atoms with Crippen LogP contribution in [0, 0.1) is 28.5 Å². The third kappa shape index (κ3) is 7.79. The number of nitriles is 2. The Bertz CT molecular complexity index is 1830. The number of pyridine rings is 1. The molecule has 0 radical (unpaired) electrons. The number of amides is 1. The van der Waals surface area contributed by atoms with Crippen LogP contribution in [0.15, 0.2) is 72.9 Å². The molecule has 1 aliphatic heterocycles. The molecule has 1 saturated heterocycles. The van der Waals surface area contributed by atoms with E-state index in [0.29, 0.717) is 72.1 Å². The summed E-state index contributed by atoms with van der Waals surface area (Å²) < 4.78 is 32.2. The maximum atomic E-state index is 15.0. The number of hydrogen-bond acceptors (Lipinski definition) is 8. The normalized spacial score (nSPS) is 13.3. The van der Waals surface area contributed by atoms with Crippen LogP contribution < -0.4 is 19.7 Å². The lowest BCUT2D eigenvalue weighted by Crippen LogP contribution is -2.46. The first-order valence-corrected chi connectivity index (χ1v) is 15.3. The maximum absolute atomic E-state index is 15.0. The number of hydrogen-bond donors (Lipinski definition) is 1. The smallest absolute Gasteiger partial charge is 0.407 e. The molecule has 2 heterocycles. The fraction of sp³-hybridized carbons (Fsp3) is 0.297. The molecule has 0 bridgehead atoms. The van der Waals surface area contributed by atoms with Crippen molar-refractivity contribution >= 4 is 11.9 Å². The van der Waals surface area contributed by atoms with Crippen LogP contribution in [0.5, 0.6) is 11.5 Å². The number of piperidine rings is 1. The molecule has 4 aromatic rings. The number of nitrogens with zero attached hydrogens (tertiary/aromatic N) is 4. The molecule has 240 valence electrons. The molecule has 47 heavy (non-hydrogen) atoms. The number of nitrogens with one attached hydrogen (secondary N) is 1. The molecule has 10 heteroatoms. The molecule has 1 fully saturated rings. The number of anilines is 1. The van der Waals surface area contributed by atoms with Crippen molar-refractivity contribution in [2.24, 2.45) is 0 Å². The molecule has 1 N–H and O–H groups in total. The van der Waals surface area contributed by atoms with Crippen LogP contribution in [-0.2, 0) is 11.3 Å². The Morgan fingerprint density at radius 1 is 1.00 bits per heavy atom. The van der Waals surface area contributed by atoms with Crippen LogP contribution in [-0.4, -0.2) is 42.9 Å². The third-order valence-electron chi connectivity index (χ3n) is 7.78. The number of ether oxygens (including phenoxy) is 3. The maximum Gasteiger partial charge on any atom is 0.407 e. The lowest BCUT2D eigenvalue weighted by Gasteiger charge is -2.34. The number of aromatic nitrogens is 1. The molecule has 0 aliphatic carbocycles. The van der Waals surface area contributed by atoms with Crippen molar-refractivity contribution in [1.29, 1.82) is 10.5 Å². The van der Waals surface area contributed by atoms with E-state index < -0.39 is 17.5 Å². The fourth-order valence-electron chi connectivity index (χ4n) is 5.53. The summed E-state index contributed by atoms with van der Waals surface area (Å²) in [5.74, 6) is 0.797. The van der Waals surface area contributed by atoms with Crippen molar-refractivity contribution in [2.75, 3.05) is 25.1 Å². The van der Waals surface area contributed by atoms with E-state index in [1.807, 2.05) is 74.2 Å². The summed E-state index contributed by atoms with van der Waals surface area (Å²) in [6.07, 6.45) is 2.45. The van der Waals surface area contributed by atoms with Crippen LogP contribution in [0.2, 0.25) is 0 Å². The second-order valence-electron chi connectivity index (χ2n) is 12.2. The van der Waals surface area contributed by atoms with E-state index in [0.717, 1.165) is 5.56 Å². The van der Waals surface area contributed by atoms with Gasteiger partial charge < -0.3 is 24.4 Å². The van der Waals surface area contributed by atoms with Crippen molar-refractivity contribution in [3.63, 3.8) is 0 Å². The Morgan fingerprint density at radius 2 is 1.72 bits per heavy atom. The first-order valence-electron chi connectivity index (χ1n) is 15.3. The molecular weight excluding hydrogens is 597 g/mol. The first-order chi connectivity index (χ1) is 22.6. The highest BCUT2D eigenvalue weighted by atomic mass is 19.1. The summed E-state index contributed by atoms with van der Waals surface area (Å²) >= 11 is 0. The molecule has 0 unspecified atom stereocenters. The molecule has 0 spiro atoms. The van der Waals surface area contributed by atoms with E-state index in [1.54, 1.807) is 25.4 Å². The van der Waals surface area contributed by atoms with Gasteiger partial charge in [0, 0.05) is 36.5 Å². The number of methoxy groups -OCH3 is 1. The van der Waals surface area contributed by atoms with Gasteiger partial charge in [-0.1, -0.05) is 42.5 Å². The second kappa shape index (κ2) is 14.2. The molecule has 5 rings (SSSR count). The predicted octanol–water partition coefficient (Wildman–Crippen LogP) is 7.38. The van der Waals surface area contributed by atoms with Gasteiger partial charge in [0.25, 0.3) is 0 Å². The van der Waals surface area contributed by atoms with E-state index in [1.165, 1.54) is 12.1 Å². The van der Waals surface area contributed by atoms with Crippen LogP contribution in [0.4, 0.5) is 15.0 Å². The Labute approximate surface area is 274 Å². The van der Waals surface area contributed by atoms with Crippen molar-refractivity contribution in [3.05, 3.63) is 95.4 Å². The Hall–Kier alpha value is -5.61. The summed E-state index contributed by atoms with van der Waals surface area (Å²) in [6, 6.07) is 23.6. The number of benzene rings is 3. The van der Waals surface area contributed by atoms with Crippen LogP contribution in [0.3, 0.4) is 0 Å². The fourth-order valence-corrected chi connectivity index (χ4v) is 5.53. The molecule has 1 aromatic heterocycles. The average molecular weight is 634 g/mol. The number of halogens is 1. The standard InChI is InChI=1S/C37H36FN5O4/c1-37(2,3)47-36(44)42-28-14-16-43(17-15-28)35-29(21-40)34(26-10-11-27(20-39)31(38)18-26)30(22-41-35)25-12-13-32(45-4)33(19-25)46-23-24-8-6-5-7-9-24/h5-13,18-19,22,28H,14-17,23H2,1-4H3,(H,42,44). The van der Waals surface area contributed by atoms with Gasteiger partial charge in [-0.3, -0.25) is 0 Å². The quantitative estimate of drug-likeness (QED) is 0.213. The van der Waals surface area contributed by atoms with E-state index in [9.17, 15) is 15.3 Å². The Morgan fingerprint density at radius 3 is 2.36 bits per heavy atom. The summed E-state index contributed by atoms with van der Waals surface area (Å²) in [5.41, 5.74) is 2.74. The summed E-state index contributed by atoms with van der Waals surface area (Å²) in [7, 11) is 1.56. The lowest BCUT2D eigenvalue weighted by molar-refractivity contribution is 0.0497. The molecule has 3 aromatic carbocycles. The molecule has 1 amide bonds. The van der Waals surface area contributed by atoms with E-state index >= 15 is 4.39 Å². The van der Waals surface area contributed by atoms with Crippen molar-refractivity contribution in [1.82, 2.24) is 10.3 Å². The highest BCUT2D eigenvalue weighted by Crippen LogP contribution is 2.42. The van der Waals surface area contributed by atoms with E-state index in [-0.39, 0.29) is 17.2 Å². The predicted molar refractivity (Wildman–Crippen MR) is 176 cm³/mol. The first kappa shape index (κ1) is 32.8. The molecule has 1 aliphatic rings. The summed E-state index contributed by atoms with van der Waals surface area (Å²) in [5, 5.41) is 22.9. The van der Waals surface area contributed by atoms with Gasteiger partial charge in [-0.15, -0.1) is 0 Å². The van der Waals surface area contributed by atoms with Crippen molar-refractivity contribution in [3.8, 4) is 45.9 Å². The highest BCUT2D eigenvalue weighted by Gasteiger charge is 2.28. The largest absolute Gasteiger partial charge is 0.493 e. The summed E-state index contributed by atoms with van der Waals surface area (Å²) in [4.78, 5) is 19.1. The van der Waals surface area contributed by atoms with Crippen LogP contribution >= 0.6 is 0 Å². The molecular formula is C37H36FN5O4. The minimum atomic E-state index is -0.686. The van der Waals surface area contributed by atoms with Gasteiger partial charge in [0.1, 0.15) is 41.5 Å². The zero-order valence-electron chi connectivity index (χ0n) is 26.8. The minimum Gasteiger partial charge on any atom is -0.493 e. The number of carbonyl (C=O) groups excluding carboxylic acids is 1. The highest BCUT2D eigenvalue weighted by molar-refractivity contribution is 5.90. The monoisotopic (exact) mass is 633 g/mol. The molecule has 0 saturated carbocycles. The zero-order valence-corrected chi connectivity index (χ0v) is 26.8. The van der Waals surface area contributed by atoms with Gasteiger partial charge >= 0.3 is 6.09 Å². The van der Waals surface area contributed by atoms with Gasteiger partial charge in [-0.25, -0.2) is 14.2 Å². The minimum absolute atomic E-state index is 0.0911. The summed E-state index contributed by atoms with van der Waals surface area (Å²) in [6.45, 7) is 6.82. The van der Waals surface area contributed by atoms with Gasteiger partial charge in [0.15, 0.2) is 11.5 Å². The van der Waals surface area contributed by atoms with Gasteiger partial charge in [0.2, 0.25) is 0 Å². The second-order valence-corrected chi connectivity index (χ2v) is 12.2.